The van der Waals surface area contributed by atoms with Crippen LogP contribution in [0.5, 0.6) is 11.5 Å². The number of nitrogens with zero attached hydrogens (tertiary/aromatic N) is 2. The Hall–Kier alpha value is -2.09. The minimum Gasteiger partial charge on any atom is -0.486 e. The number of nitrogens with two attached hydrogens (primary N) is 1. The van der Waals surface area contributed by atoms with Gasteiger partial charge >= 0.3 is 0 Å². The van der Waals surface area contributed by atoms with E-state index >= 15 is 0 Å². The summed E-state index contributed by atoms with van der Waals surface area (Å²) in [6.07, 6.45) is 0.464. The van der Waals surface area contributed by atoms with Crippen LogP contribution in [-0.2, 0) is 0 Å². The molecule has 5 heteroatoms. The molecule has 102 valence electrons. The van der Waals surface area contributed by atoms with Crippen molar-refractivity contribution in [1.82, 2.24) is 0 Å². The Morgan fingerprint density at radius 1 is 1.32 bits per heavy atom. The first-order valence-corrected chi connectivity index (χ1v) is 6.46. The highest BCUT2D eigenvalue weighted by atomic mass is 16.6. The first-order valence-electron chi connectivity index (χ1n) is 6.46. The summed E-state index contributed by atoms with van der Waals surface area (Å²) in [5.74, 6) is 1.41. The highest BCUT2D eigenvalue weighted by Gasteiger charge is 2.19. The molecule has 1 aliphatic heterocycles. The molecular weight excluding hydrogens is 242 g/mol. The number of ether oxygens (including phenoxy) is 2. The second-order valence-corrected chi connectivity index (χ2v) is 4.75. The number of fused-ring (bicyclic) bond motifs is 1. The van der Waals surface area contributed by atoms with Gasteiger partial charge in [-0.3, -0.25) is 0 Å². The summed E-state index contributed by atoms with van der Waals surface area (Å²) in [7, 11) is 0. The van der Waals surface area contributed by atoms with Gasteiger partial charge in [0, 0.05) is 24.7 Å². The molecule has 0 saturated carbocycles. The molecule has 0 fully saturated rings. The van der Waals surface area contributed by atoms with Gasteiger partial charge in [-0.1, -0.05) is 0 Å². The lowest BCUT2D eigenvalue weighted by molar-refractivity contribution is 0.172. The molecule has 0 unspecified atom stereocenters. The lowest BCUT2D eigenvalue weighted by Crippen LogP contribution is -2.32. The number of hydrogen-bond donors (Lipinski definition) is 1. The zero-order valence-electron chi connectivity index (χ0n) is 11.3. The molecule has 5 nitrogen and oxygen atoms in total. The first-order chi connectivity index (χ1) is 9.13. The van der Waals surface area contributed by atoms with Gasteiger partial charge in [0.1, 0.15) is 13.2 Å². The molecule has 0 saturated heterocycles. The molecular formula is C14H19N3O2. The third-order valence-electron chi connectivity index (χ3n) is 3.09. The molecule has 1 aromatic rings. The molecule has 0 bridgehead atoms. The molecule has 0 aliphatic carbocycles. The molecule has 0 atom stereocenters. The van der Waals surface area contributed by atoms with Crippen molar-refractivity contribution in [3.63, 3.8) is 0 Å². The SMILES string of the molecule is CC(C)N(CCC#N)c1cc2c(cc1N)OCCO2. The topological polar surface area (TPSA) is 71.5 Å². The van der Waals surface area contributed by atoms with E-state index in [2.05, 4.69) is 24.8 Å². The Bertz CT molecular complexity index is 494. The lowest BCUT2D eigenvalue weighted by atomic mass is 10.1. The van der Waals surface area contributed by atoms with E-state index in [1.54, 1.807) is 6.07 Å². The van der Waals surface area contributed by atoms with Crippen LogP contribution in [0.15, 0.2) is 12.1 Å². The van der Waals surface area contributed by atoms with Crippen LogP contribution in [0.4, 0.5) is 11.4 Å². The second kappa shape index (κ2) is 5.70. The average Bonchev–Trinajstić information content (AvgIpc) is 2.39. The molecule has 0 radical (unpaired) electrons. The smallest absolute Gasteiger partial charge is 0.163 e. The van der Waals surface area contributed by atoms with Crippen molar-refractivity contribution in [2.24, 2.45) is 0 Å². The maximum absolute atomic E-state index is 8.75. The van der Waals surface area contributed by atoms with Crippen molar-refractivity contribution < 1.29 is 9.47 Å². The minimum absolute atomic E-state index is 0.262. The number of nitrogen functional groups attached to an aromatic ring is 1. The van der Waals surface area contributed by atoms with Gasteiger partial charge in [0.15, 0.2) is 11.5 Å². The van der Waals surface area contributed by atoms with Gasteiger partial charge in [-0.05, 0) is 13.8 Å². The van der Waals surface area contributed by atoms with Crippen LogP contribution in [0.2, 0.25) is 0 Å². The van der Waals surface area contributed by atoms with Crippen molar-refractivity contribution >= 4 is 11.4 Å². The van der Waals surface area contributed by atoms with E-state index in [0.29, 0.717) is 37.6 Å². The summed E-state index contributed by atoms with van der Waals surface area (Å²) < 4.78 is 11.1. The maximum atomic E-state index is 8.75. The van der Waals surface area contributed by atoms with Gasteiger partial charge in [0.05, 0.1) is 23.9 Å². The van der Waals surface area contributed by atoms with Crippen molar-refractivity contribution in [1.29, 1.82) is 5.26 Å². The predicted octanol–water partition coefficient (Wildman–Crippen LogP) is 2.17. The highest BCUT2D eigenvalue weighted by molar-refractivity contribution is 5.73. The molecule has 2 rings (SSSR count). The van der Waals surface area contributed by atoms with E-state index in [0.717, 1.165) is 11.4 Å². The fourth-order valence-corrected chi connectivity index (χ4v) is 2.17. The number of benzene rings is 1. The van der Waals surface area contributed by atoms with E-state index in [1.807, 2.05) is 6.07 Å². The molecule has 19 heavy (non-hydrogen) atoms. The van der Waals surface area contributed by atoms with Crippen LogP contribution in [0.25, 0.3) is 0 Å². The van der Waals surface area contributed by atoms with Gasteiger partial charge in [-0.15, -0.1) is 0 Å². The van der Waals surface area contributed by atoms with Gasteiger partial charge in [-0.2, -0.15) is 5.26 Å². The number of nitriles is 1. The van der Waals surface area contributed by atoms with E-state index in [1.165, 1.54) is 0 Å². The molecule has 1 aromatic carbocycles. The van der Waals surface area contributed by atoms with Gasteiger partial charge in [-0.25, -0.2) is 0 Å². The Morgan fingerprint density at radius 2 is 1.95 bits per heavy atom. The standard InChI is InChI=1S/C14H19N3O2/c1-10(2)17(5-3-4-15)12-9-14-13(8-11(12)16)18-6-7-19-14/h8-10H,3,5-7,16H2,1-2H3. The van der Waals surface area contributed by atoms with E-state index < -0.39 is 0 Å². The zero-order chi connectivity index (χ0) is 13.8. The van der Waals surface area contributed by atoms with Crippen LogP contribution >= 0.6 is 0 Å². The third-order valence-corrected chi connectivity index (χ3v) is 3.09. The van der Waals surface area contributed by atoms with Crippen molar-refractivity contribution in [3.05, 3.63) is 12.1 Å². The quantitative estimate of drug-likeness (QED) is 0.841. The Balaban J connectivity index is 2.34. The Morgan fingerprint density at radius 3 is 2.53 bits per heavy atom. The summed E-state index contributed by atoms with van der Waals surface area (Å²) in [4.78, 5) is 2.11. The maximum Gasteiger partial charge on any atom is 0.163 e. The number of anilines is 2. The lowest BCUT2D eigenvalue weighted by Gasteiger charge is -2.31. The molecule has 1 heterocycles. The Labute approximate surface area is 113 Å². The van der Waals surface area contributed by atoms with Gasteiger partial charge in [0.25, 0.3) is 0 Å². The summed E-state index contributed by atoms with van der Waals surface area (Å²) >= 11 is 0. The molecule has 2 N–H and O–H groups in total. The van der Waals surface area contributed by atoms with Gasteiger partial charge < -0.3 is 20.1 Å². The minimum atomic E-state index is 0.262. The molecule has 0 spiro atoms. The van der Waals surface area contributed by atoms with Crippen LogP contribution in [0.1, 0.15) is 20.3 Å². The van der Waals surface area contributed by atoms with E-state index in [9.17, 15) is 0 Å². The van der Waals surface area contributed by atoms with Crippen LogP contribution in [0.3, 0.4) is 0 Å². The highest BCUT2D eigenvalue weighted by Crippen LogP contribution is 2.39. The third kappa shape index (κ3) is 2.84. The van der Waals surface area contributed by atoms with Crippen LogP contribution in [-0.4, -0.2) is 25.8 Å². The van der Waals surface area contributed by atoms with E-state index in [-0.39, 0.29) is 6.04 Å². The predicted molar refractivity (Wildman–Crippen MR) is 74.6 cm³/mol. The Kier molecular flexibility index (Phi) is 4.00. The molecule has 0 amide bonds. The molecule has 1 aliphatic rings. The average molecular weight is 261 g/mol. The normalized spacial score (nSPS) is 13.2. The fourth-order valence-electron chi connectivity index (χ4n) is 2.17. The second-order valence-electron chi connectivity index (χ2n) is 4.75. The van der Waals surface area contributed by atoms with Gasteiger partial charge in [0.2, 0.25) is 0 Å². The largest absolute Gasteiger partial charge is 0.486 e. The van der Waals surface area contributed by atoms with E-state index in [4.69, 9.17) is 20.5 Å². The fraction of sp³-hybridized carbons (Fsp3) is 0.500. The summed E-state index contributed by atoms with van der Waals surface area (Å²) in [5, 5.41) is 8.75. The van der Waals surface area contributed by atoms with Crippen molar-refractivity contribution in [2.45, 2.75) is 26.3 Å². The number of rotatable bonds is 4. The van der Waals surface area contributed by atoms with Crippen molar-refractivity contribution in [2.75, 3.05) is 30.4 Å². The summed E-state index contributed by atoms with van der Waals surface area (Å²) in [6, 6.07) is 6.13. The molecule has 0 aromatic heterocycles. The summed E-state index contributed by atoms with van der Waals surface area (Å²) in [6.45, 7) is 5.91. The van der Waals surface area contributed by atoms with Crippen molar-refractivity contribution in [3.8, 4) is 17.6 Å². The summed E-state index contributed by atoms with van der Waals surface area (Å²) in [5.41, 5.74) is 7.64. The van der Waals surface area contributed by atoms with Crippen LogP contribution < -0.4 is 20.1 Å². The first kappa shape index (κ1) is 13.3. The number of hydrogen-bond acceptors (Lipinski definition) is 5. The zero-order valence-corrected chi connectivity index (χ0v) is 11.3. The van der Waals surface area contributed by atoms with Crippen LogP contribution in [0, 0.1) is 11.3 Å². The monoisotopic (exact) mass is 261 g/mol.